The highest BCUT2D eigenvalue weighted by Crippen LogP contribution is 2.06. The number of hydrogen-bond donors (Lipinski definition) is 2. The fourth-order valence-corrected chi connectivity index (χ4v) is 0.960. The predicted molar refractivity (Wildman–Crippen MR) is 63.7 cm³/mol. The molecule has 18 heavy (non-hydrogen) atoms. The Morgan fingerprint density at radius 1 is 0.889 bits per heavy atom. The molecule has 6 heteroatoms. The SMILES string of the molecule is CCC(C)OC(=O)[C@@H](O)[C@@H](O)C(=O)OC(C)CC. The summed E-state index contributed by atoms with van der Waals surface area (Å²) in [6.45, 7) is 6.90. The number of carbonyl (C=O) groups is 2. The summed E-state index contributed by atoms with van der Waals surface area (Å²) in [7, 11) is 0. The molecule has 0 aliphatic carbocycles. The highest BCUT2D eigenvalue weighted by molar-refractivity contribution is 5.85. The highest BCUT2D eigenvalue weighted by atomic mass is 16.6. The molecule has 0 aromatic heterocycles. The third-order valence-corrected chi connectivity index (χ3v) is 2.57. The largest absolute Gasteiger partial charge is 0.461 e. The molecule has 0 bridgehead atoms. The van der Waals surface area contributed by atoms with Gasteiger partial charge in [-0.15, -0.1) is 0 Å². The molecule has 2 unspecified atom stereocenters. The zero-order valence-corrected chi connectivity index (χ0v) is 11.3. The first kappa shape index (κ1) is 16.9. The lowest BCUT2D eigenvalue weighted by molar-refractivity contribution is -0.178. The topological polar surface area (TPSA) is 93.1 Å². The van der Waals surface area contributed by atoms with Gasteiger partial charge in [-0.3, -0.25) is 0 Å². The molecule has 0 saturated carbocycles. The summed E-state index contributed by atoms with van der Waals surface area (Å²) in [4.78, 5) is 22.7. The van der Waals surface area contributed by atoms with Crippen molar-refractivity contribution in [2.75, 3.05) is 0 Å². The van der Waals surface area contributed by atoms with Crippen LogP contribution < -0.4 is 0 Å². The molecule has 0 aliphatic heterocycles. The van der Waals surface area contributed by atoms with Gasteiger partial charge in [-0.2, -0.15) is 0 Å². The van der Waals surface area contributed by atoms with Crippen molar-refractivity contribution in [3.63, 3.8) is 0 Å². The number of rotatable bonds is 7. The van der Waals surface area contributed by atoms with E-state index in [-0.39, 0.29) is 12.2 Å². The van der Waals surface area contributed by atoms with Crippen molar-refractivity contribution in [3.8, 4) is 0 Å². The molecular formula is C12H22O6. The Kier molecular flexibility index (Phi) is 7.54. The minimum atomic E-state index is -1.92. The Bertz CT molecular complexity index is 250. The number of aliphatic hydroxyl groups is 2. The minimum absolute atomic E-state index is 0.384. The molecule has 4 atom stereocenters. The Labute approximate surface area is 107 Å². The Hall–Kier alpha value is -1.14. The van der Waals surface area contributed by atoms with Gasteiger partial charge in [-0.1, -0.05) is 13.8 Å². The van der Waals surface area contributed by atoms with Crippen molar-refractivity contribution in [1.82, 2.24) is 0 Å². The fourth-order valence-electron chi connectivity index (χ4n) is 0.960. The molecule has 0 aliphatic rings. The second kappa shape index (κ2) is 8.05. The highest BCUT2D eigenvalue weighted by Gasteiger charge is 2.34. The van der Waals surface area contributed by atoms with Gasteiger partial charge in [0, 0.05) is 0 Å². The first-order valence-electron chi connectivity index (χ1n) is 6.10. The van der Waals surface area contributed by atoms with Gasteiger partial charge in [-0.05, 0) is 26.7 Å². The van der Waals surface area contributed by atoms with Crippen molar-refractivity contribution >= 4 is 11.9 Å². The first-order valence-corrected chi connectivity index (χ1v) is 6.10. The van der Waals surface area contributed by atoms with Gasteiger partial charge in [0.2, 0.25) is 0 Å². The van der Waals surface area contributed by atoms with Crippen molar-refractivity contribution in [2.24, 2.45) is 0 Å². The summed E-state index contributed by atoms with van der Waals surface area (Å²) < 4.78 is 9.61. The Morgan fingerprint density at radius 2 is 1.17 bits per heavy atom. The van der Waals surface area contributed by atoms with E-state index in [1.807, 2.05) is 0 Å². The van der Waals surface area contributed by atoms with E-state index in [1.54, 1.807) is 27.7 Å². The molecule has 0 aromatic rings. The average molecular weight is 262 g/mol. The summed E-state index contributed by atoms with van der Waals surface area (Å²) in [5.74, 6) is -2.06. The summed E-state index contributed by atoms with van der Waals surface area (Å²) in [5.41, 5.74) is 0. The maximum Gasteiger partial charge on any atom is 0.338 e. The predicted octanol–water partition coefficient (Wildman–Crippen LogP) is 0.392. The van der Waals surface area contributed by atoms with Gasteiger partial charge in [0.05, 0.1) is 12.2 Å². The number of ether oxygens (including phenoxy) is 2. The second-order valence-electron chi connectivity index (χ2n) is 4.20. The van der Waals surface area contributed by atoms with Gasteiger partial charge in [-0.25, -0.2) is 9.59 Å². The molecule has 0 heterocycles. The molecule has 0 saturated heterocycles. The molecule has 106 valence electrons. The fraction of sp³-hybridized carbons (Fsp3) is 0.833. The van der Waals surface area contributed by atoms with Crippen LogP contribution in [0.4, 0.5) is 0 Å². The van der Waals surface area contributed by atoms with Gasteiger partial charge in [0.25, 0.3) is 0 Å². The smallest absolute Gasteiger partial charge is 0.338 e. The molecule has 0 spiro atoms. The van der Waals surface area contributed by atoms with Gasteiger partial charge in [0.1, 0.15) is 0 Å². The third-order valence-electron chi connectivity index (χ3n) is 2.57. The normalized spacial score (nSPS) is 17.4. The van der Waals surface area contributed by atoms with Crippen LogP contribution in [0, 0.1) is 0 Å². The number of carbonyl (C=O) groups excluding carboxylic acids is 2. The zero-order valence-electron chi connectivity index (χ0n) is 11.3. The molecule has 2 N–H and O–H groups in total. The zero-order chi connectivity index (χ0) is 14.3. The van der Waals surface area contributed by atoms with Crippen LogP contribution in [-0.4, -0.2) is 46.6 Å². The Morgan fingerprint density at radius 3 is 1.39 bits per heavy atom. The number of aliphatic hydroxyl groups excluding tert-OH is 2. The van der Waals surface area contributed by atoms with E-state index in [0.717, 1.165) is 0 Å². The van der Waals surface area contributed by atoms with Crippen LogP contribution in [0.3, 0.4) is 0 Å². The van der Waals surface area contributed by atoms with Crippen molar-refractivity contribution in [1.29, 1.82) is 0 Å². The van der Waals surface area contributed by atoms with E-state index in [1.165, 1.54) is 0 Å². The van der Waals surface area contributed by atoms with E-state index in [2.05, 4.69) is 0 Å². The summed E-state index contributed by atoms with van der Waals surface area (Å²) in [6, 6.07) is 0. The van der Waals surface area contributed by atoms with Crippen LogP contribution in [0.25, 0.3) is 0 Å². The van der Waals surface area contributed by atoms with E-state index >= 15 is 0 Å². The van der Waals surface area contributed by atoms with Crippen LogP contribution in [-0.2, 0) is 19.1 Å². The molecule has 0 amide bonds. The van der Waals surface area contributed by atoms with Crippen LogP contribution in [0.5, 0.6) is 0 Å². The van der Waals surface area contributed by atoms with Crippen LogP contribution in [0.1, 0.15) is 40.5 Å². The van der Waals surface area contributed by atoms with E-state index < -0.39 is 24.1 Å². The van der Waals surface area contributed by atoms with Crippen LogP contribution in [0.15, 0.2) is 0 Å². The maximum atomic E-state index is 11.4. The summed E-state index contributed by atoms with van der Waals surface area (Å²) in [6.07, 6.45) is -3.46. The molecular weight excluding hydrogens is 240 g/mol. The van der Waals surface area contributed by atoms with Crippen LogP contribution >= 0.6 is 0 Å². The summed E-state index contributed by atoms with van der Waals surface area (Å²) >= 11 is 0. The minimum Gasteiger partial charge on any atom is -0.461 e. The molecule has 0 radical (unpaired) electrons. The molecule has 0 fully saturated rings. The molecule has 6 nitrogen and oxygen atoms in total. The van der Waals surface area contributed by atoms with Gasteiger partial charge in [0.15, 0.2) is 12.2 Å². The van der Waals surface area contributed by atoms with E-state index in [9.17, 15) is 19.8 Å². The molecule has 0 aromatic carbocycles. The number of hydrogen-bond acceptors (Lipinski definition) is 6. The second-order valence-corrected chi connectivity index (χ2v) is 4.20. The monoisotopic (exact) mass is 262 g/mol. The summed E-state index contributed by atoms with van der Waals surface area (Å²) in [5, 5.41) is 18.9. The Balaban J connectivity index is 4.35. The van der Waals surface area contributed by atoms with Crippen molar-refractivity contribution in [3.05, 3.63) is 0 Å². The molecule has 0 rings (SSSR count). The van der Waals surface area contributed by atoms with Crippen molar-refractivity contribution < 1.29 is 29.3 Å². The maximum absolute atomic E-state index is 11.4. The quantitative estimate of drug-likeness (QED) is 0.645. The lowest BCUT2D eigenvalue weighted by Crippen LogP contribution is -2.43. The lowest BCUT2D eigenvalue weighted by Gasteiger charge is -2.19. The third kappa shape index (κ3) is 5.46. The average Bonchev–Trinajstić information content (AvgIpc) is 2.36. The standard InChI is InChI=1S/C12H22O6/c1-5-7(3)17-11(15)9(13)10(14)12(16)18-8(4)6-2/h7-10,13-14H,5-6H2,1-4H3/t7?,8?,9-,10+. The van der Waals surface area contributed by atoms with Crippen LogP contribution in [0.2, 0.25) is 0 Å². The van der Waals surface area contributed by atoms with Crippen molar-refractivity contribution in [2.45, 2.75) is 65.0 Å². The lowest BCUT2D eigenvalue weighted by atomic mass is 10.2. The van der Waals surface area contributed by atoms with E-state index in [4.69, 9.17) is 9.47 Å². The van der Waals surface area contributed by atoms with E-state index in [0.29, 0.717) is 12.8 Å². The van der Waals surface area contributed by atoms with Gasteiger partial charge >= 0.3 is 11.9 Å². The number of esters is 2. The first-order chi connectivity index (χ1) is 8.33. The van der Waals surface area contributed by atoms with Gasteiger partial charge < -0.3 is 19.7 Å².